The van der Waals surface area contributed by atoms with Gasteiger partial charge in [-0.15, -0.1) is 0 Å². The molecule has 1 rings (SSSR count). The van der Waals surface area contributed by atoms with Crippen LogP contribution in [0.15, 0.2) is 0 Å². The van der Waals surface area contributed by atoms with E-state index in [1.165, 1.54) is 7.11 Å². The number of carboxylic acid groups (broad SMARTS) is 2. The largest absolute Gasteiger partial charge is 0.480 e. The molecule has 1 fully saturated rings. The zero-order valence-corrected chi connectivity index (χ0v) is 9.25. The number of methoxy groups -OCH3 is 1. The molecule has 0 spiro atoms. The Bertz CT molecular complexity index is 357. The SMILES string of the molecule is COCC(=O)N1C[C@@](N)(C(=O)O)C[C@H]1C(=O)O. The van der Waals surface area contributed by atoms with Gasteiger partial charge < -0.3 is 25.6 Å². The minimum absolute atomic E-state index is 0.306. The Morgan fingerprint density at radius 2 is 2.06 bits per heavy atom. The highest BCUT2D eigenvalue weighted by atomic mass is 16.5. The fourth-order valence-electron chi connectivity index (χ4n) is 1.78. The van der Waals surface area contributed by atoms with Gasteiger partial charge in [-0.25, -0.2) is 4.79 Å². The van der Waals surface area contributed by atoms with Gasteiger partial charge in [0.05, 0.1) is 6.54 Å². The number of nitrogens with zero attached hydrogens (tertiary/aromatic N) is 1. The molecule has 1 heterocycles. The summed E-state index contributed by atoms with van der Waals surface area (Å²) in [4.78, 5) is 34.4. The maximum absolute atomic E-state index is 11.6. The average Bonchev–Trinajstić information content (AvgIpc) is 2.58. The van der Waals surface area contributed by atoms with Crippen LogP contribution in [0.5, 0.6) is 0 Å². The van der Waals surface area contributed by atoms with E-state index in [0.29, 0.717) is 0 Å². The first-order chi connectivity index (χ1) is 7.81. The van der Waals surface area contributed by atoms with Crippen molar-refractivity contribution in [3.05, 3.63) is 0 Å². The first-order valence-corrected chi connectivity index (χ1v) is 4.85. The summed E-state index contributed by atoms with van der Waals surface area (Å²) >= 11 is 0. The molecule has 0 aliphatic carbocycles. The molecule has 0 aromatic carbocycles. The van der Waals surface area contributed by atoms with Crippen LogP contribution in [0.2, 0.25) is 0 Å². The third-order valence-corrected chi connectivity index (χ3v) is 2.69. The van der Waals surface area contributed by atoms with Crippen LogP contribution in [0.4, 0.5) is 0 Å². The van der Waals surface area contributed by atoms with Gasteiger partial charge in [-0.1, -0.05) is 0 Å². The number of carboxylic acids is 2. The van der Waals surface area contributed by atoms with Gasteiger partial charge in [0.2, 0.25) is 5.91 Å². The predicted octanol–water partition coefficient (Wildman–Crippen LogP) is -1.90. The average molecular weight is 246 g/mol. The minimum atomic E-state index is -1.72. The van der Waals surface area contributed by atoms with Crippen LogP contribution in [0.3, 0.4) is 0 Å². The third-order valence-electron chi connectivity index (χ3n) is 2.69. The highest BCUT2D eigenvalue weighted by molar-refractivity contribution is 5.89. The molecule has 0 unspecified atom stereocenters. The van der Waals surface area contributed by atoms with Gasteiger partial charge in [0, 0.05) is 13.5 Å². The lowest BCUT2D eigenvalue weighted by Gasteiger charge is -2.21. The molecule has 0 aromatic heterocycles. The molecule has 1 aliphatic rings. The lowest BCUT2D eigenvalue weighted by atomic mass is 9.98. The van der Waals surface area contributed by atoms with Crippen LogP contribution >= 0.6 is 0 Å². The summed E-state index contributed by atoms with van der Waals surface area (Å²) in [5.74, 6) is -3.19. The summed E-state index contributed by atoms with van der Waals surface area (Å²) in [6.45, 7) is -0.638. The lowest BCUT2D eigenvalue weighted by Crippen LogP contribution is -2.51. The molecule has 0 bridgehead atoms. The number of nitrogens with two attached hydrogens (primary N) is 1. The Balaban J connectivity index is 2.92. The van der Waals surface area contributed by atoms with Crippen LogP contribution < -0.4 is 5.73 Å². The van der Waals surface area contributed by atoms with Gasteiger partial charge >= 0.3 is 11.9 Å². The number of carbonyl (C=O) groups excluding carboxylic acids is 1. The van der Waals surface area contributed by atoms with Crippen molar-refractivity contribution in [1.82, 2.24) is 4.90 Å². The van der Waals surface area contributed by atoms with E-state index < -0.39 is 29.4 Å². The first kappa shape index (κ1) is 13.4. The maximum atomic E-state index is 11.6. The van der Waals surface area contributed by atoms with Gasteiger partial charge in [0.1, 0.15) is 18.2 Å². The number of hydrogen-bond donors (Lipinski definition) is 3. The topological polar surface area (TPSA) is 130 Å². The van der Waals surface area contributed by atoms with Gasteiger partial charge in [0.15, 0.2) is 0 Å². The van der Waals surface area contributed by atoms with E-state index in [4.69, 9.17) is 15.9 Å². The molecule has 1 amide bonds. The van der Waals surface area contributed by atoms with Crippen LogP contribution in [0, 0.1) is 0 Å². The van der Waals surface area contributed by atoms with Crippen LogP contribution in [-0.4, -0.2) is 64.8 Å². The van der Waals surface area contributed by atoms with Crippen LogP contribution in [-0.2, 0) is 19.1 Å². The van der Waals surface area contributed by atoms with Crippen molar-refractivity contribution in [1.29, 1.82) is 0 Å². The molecule has 1 aliphatic heterocycles. The van der Waals surface area contributed by atoms with Crippen molar-refractivity contribution in [2.24, 2.45) is 5.73 Å². The maximum Gasteiger partial charge on any atom is 0.326 e. The van der Waals surface area contributed by atoms with Crippen LogP contribution in [0.1, 0.15) is 6.42 Å². The zero-order chi connectivity index (χ0) is 13.2. The summed E-state index contributed by atoms with van der Waals surface area (Å²) < 4.78 is 4.60. The molecule has 4 N–H and O–H groups in total. The third kappa shape index (κ3) is 2.53. The van der Waals surface area contributed by atoms with E-state index in [2.05, 4.69) is 4.74 Å². The van der Waals surface area contributed by atoms with Gasteiger partial charge in [-0.05, 0) is 0 Å². The van der Waals surface area contributed by atoms with Gasteiger partial charge in [-0.3, -0.25) is 9.59 Å². The van der Waals surface area contributed by atoms with Crippen molar-refractivity contribution in [2.75, 3.05) is 20.3 Å². The van der Waals surface area contributed by atoms with E-state index in [1.54, 1.807) is 0 Å². The summed E-state index contributed by atoms with van der Waals surface area (Å²) in [5.41, 5.74) is 3.84. The normalized spacial score (nSPS) is 28.1. The van der Waals surface area contributed by atoms with E-state index in [0.717, 1.165) is 4.90 Å². The number of aliphatic carboxylic acids is 2. The predicted molar refractivity (Wildman–Crippen MR) is 54.2 cm³/mol. The number of carbonyl (C=O) groups is 3. The van der Waals surface area contributed by atoms with E-state index in [1.807, 2.05) is 0 Å². The standard InChI is InChI=1S/C9H14N2O6/c1-17-3-6(12)11-4-9(10,8(15)16)2-5(11)7(13)14/h5H,2-4,10H2,1H3,(H,13,14)(H,15,16)/t5-,9+/m0/s1. The Kier molecular flexibility index (Phi) is 3.69. The Hall–Kier alpha value is -1.67. The molecule has 2 atom stereocenters. The summed E-state index contributed by atoms with van der Waals surface area (Å²) in [5, 5.41) is 17.8. The van der Waals surface area contributed by atoms with E-state index in [-0.39, 0.29) is 19.6 Å². The monoisotopic (exact) mass is 246 g/mol. The molecular formula is C9H14N2O6. The molecule has 0 saturated carbocycles. The molecule has 1 saturated heterocycles. The number of likely N-dealkylation sites (tertiary alicyclic amines) is 1. The molecule has 8 heteroatoms. The van der Waals surface area contributed by atoms with Gasteiger partial charge in [0.25, 0.3) is 0 Å². The van der Waals surface area contributed by atoms with Crippen LogP contribution in [0.25, 0.3) is 0 Å². The van der Waals surface area contributed by atoms with E-state index in [9.17, 15) is 14.4 Å². The quantitative estimate of drug-likeness (QED) is 0.528. The zero-order valence-electron chi connectivity index (χ0n) is 9.25. The van der Waals surface area contributed by atoms with Crippen molar-refractivity contribution in [3.8, 4) is 0 Å². The van der Waals surface area contributed by atoms with Crippen molar-refractivity contribution < 1.29 is 29.3 Å². The minimum Gasteiger partial charge on any atom is -0.480 e. The molecule has 17 heavy (non-hydrogen) atoms. The molecule has 0 radical (unpaired) electrons. The lowest BCUT2D eigenvalue weighted by molar-refractivity contribution is -0.149. The second kappa shape index (κ2) is 4.68. The number of rotatable bonds is 4. The Morgan fingerprint density at radius 1 is 1.47 bits per heavy atom. The smallest absolute Gasteiger partial charge is 0.326 e. The van der Waals surface area contributed by atoms with E-state index >= 15 is 0 Å². The molecule has 0 aromatic rings. The van der Waals surface area contributed by atoms with Crippen molar-refractivity contribution >= 4 is 17.8 Å². The highest BCUT2D eigenvalue weighted by Crippen LogP contribution is 2.26. The fraction of sp³-hybridized carbons (Fsp3) is 0.667. The molecule has 8 nitrogen and oxygen atoms in total. The van der Waals surface area contributed by atoms with Gasteiger partial charge in [-0.2, -0.15) is 0 Å². The second-order valence-electron chi connectivity index (χ2n) is 3.97. The number of amides is 1. The number of ether oxygens (including phenoxy) is 1. The Labute approximate surface area is 96.9 Å². The Morgan fingerprint density at radius 3 is 2.47 bits per heavy atom. The summed E-state index contributed by atoms with van der Waals surface area (Å²) in [7, 11) is 1.29. The highest BCUT2D eigenvalue weighted by Gasteiger charge is 2.51. The first-order valence-electron chi connectivity index (χ1n) is 4.85. The molecular weight excluding hydrogens is 232 g/mol. The summed E-state index contributed by atoms with van der Waals surface area (Å²) in [6, 6.07) is -1.22. The number of hydrogen-bond acceptors (Lipinski definition) is 5. The molecule has 96 valence electrons. The second-order valence-corrected chi connectivity index (χ2v) is 3.97. The van der Waals surface area contributed by atoms with Crippen molar-refractivity contribution in [3.63, 3.8) is 0 Å². The van der Waals surface area contributed by atoms with Crippen molar-refractivity contribution in [2.45, 2.75) is 18.0 Å². The fourth-order valence-corrected chi connectivity index (χ4v) is 1.78. The summed E-state index contributed by atoms with van der Waals surface area (Å²) in [6.07, 6.45) is -0.312.